The summed E-state index contributed by atoms with van der Waals surface area (Å²) in [7, 11) is 0. The molecule has 0 spiro atoms. The van der Waals surface area contributed by atoms with E-state index in [2.05, 4.69) is 16.0 Å². The van der Waals surface area contributed by atoms with E-state index in [0.29, 0.717) is 18.4 Å². The van der Waals surface area contributed by atoms with Crippen LogP contribution >= 0.6 is 0 Å². The number of piperazine rings is 1. The van der Waals surface area contributed by atoms with Crippen molar-refractivity contribution in [2.24, 2.45) is 0 Å². The number of nitrogens with zero attached hydrogens (tertiary/aromatic N) is 3. The first-order valence-electron chi connectivity index (χ1n) is 7.41. The Kier molecular flexibility index (Phi) is 2.74. The Morgan fingerprint density at radius 2 is 2.14 bits per heavy atom. The molecule has 5 heteroatoms. The van der Waals surface area contributed by atoms with Crippen LogP contribution in [0.2, 0.25) is 0 Å². The zero-order chi connectivity index (χ0) is 14.4. The lowest BCUT2D eigenvalue weighted by Crippen LogP contribution is -2.51. The number of fused-ring (bicyclic) bond motifs is 2. The molecule has 108 valence electrons. The van der Waals surface area contributed by atoms with Gasteiger partial charge < -0.3 is 15.5 Å². The summed E-state index contributed by atoms with van der Waals surface area (Å²) < 4.78 is 0. The molecule has 0 aliphatic carbocycles. The standard InChI is InChI=1S/C16H18N4O/c17-11-1-3-13-14(9-11)18-6-5-15(13)19-7-8-20-12(10-19)2-4-16(20)21/h1,3,5-6,9,12H,2,4,7-8,10,17H2. The Morgan fingerprint density at radius 1 is 1.24 bits per heavy atom. The van der Waals surface area contributed by atoms with E-state index >= 15 is 0 Å². The van der Waals surface area contributed by atoms with Gasteiger partial charge in [0.1, 0.15) is 0 Å². The fraction of sp³-hybridized carbons (Fsp3) is 0.375. The number of aromatic nitrogens is 1. The lowest BCUT2D eigenvalue weighted by Gasteiger charge is -2.39. The summed E-state index contributed by atoms with van der Waals surface area (Å²) in [6.07, 6.45) is 3.51. The second-order valence-electron chi connectivity index (χ2n) is 5.83. The first kappa shape index (κ1) is 12.4. The van der Waals surface area contributed by atoms with E-state index in [0.717, 1.165) is 42.6 Å². The topological polar surface area (TPSA) is 62.5 Å². The number of anilines is 2. The fourth-order valence-electron chi connectivity index (χ4n) is 3.51. The average Bonchev–Trinajstić information content (AvgIpc) is 2.87. The molecule has 2 aromatic rings. The third kappa shape index (κ3) is 2.00. The Balaban J connectivity index is 1.69. The molecule has 0 saturated carbocycles. The maximum Gasteiger partial charge on any atom is 0.223 e. The molecule has 3 heterocycles. The first-order chi connectivity index (χ1) is 10.2. The first-order valence-corrected chi connectivity index (χ1v) is 7.41. The molecule has 1 amide bonds. The zero-order valence-corrected chi connectivity index (χ0v) is 11.8. The van der Waals surface area contributed by atoms with Gasteiger partial charge in [0.25, 0.3) is 0 Å². The van der Waals surface area contributed by atoms with Crippen molar-refractivity contribution in [2.75, 3.05) is 30.3 Å². The predicted octanol–water partition coefficient (Wildman–Crippen LogP) is 1.63. The molecule has 1 unspecified atom stereocenters. The number of rotatable bonds is 1. The average molecular weight is 282 g/mol. The van der Waals surface area contributed by atoms with Gasteiger partial charge in [-0.1, -0.05) is 0 Å². The van der Waals surface area contributed by atoms with E-state index in [1.54, 1.807) is 0 Å². The minimum absolute atomic E-state index is 0.312. The number of carbonyl (C=O) groups is 1. The van der Waals surface area contributed by atoms with Gasteiger partial charge in [-0.25, -0.2) is 0 Å². The van der Waals surface area contributed by atoms with Gasteiger partial charge in [0.05, 0.1) is 5.52 Å². The van der Waals surface area contributed by atoms with Crippen LogP contribution in [0, 0.1) is 0 Å². The number of hydrogen-bond donors (Lipinski definition) is 1. The molecule has 2 saturated heterocycles. The van der Waals surface area contributed by atoms with Crippen LogP contribution in [-0.2, 0) is 4.79 Å². The molecule has 0 bridgehead atoms. The number of carbonyl (C=O) groups excluding carboxylic acids is 1. The van der Waals surface area contributed by atoms with E-state index in [4.69, 9.17) is 5.73 Å². The van der Waals surface area contributed by atoms with Crippen molar-refractivity contribution in [3.8, 4) is 0 Å². The van der Waals surface area contributed by atoms with Crippen LogP contribution in [0.4, 0.5) is 11.4 Å². The maximum absolute atomic E-state index is 11.8. The molecule has 4 rings (SSSR count). The monoisotopic (exact) mass is 282 g/mol. The highest BCUT2D eigenvalue weighted by Gasteiger charge is 2.35. The summed E-state index contributed by atoms with van der Waals surface area (Å²) in [5.41, 5.74) is 8.70. The van der Waals surface area contributed by atoms with Crippen LogP contribution in [0.5, 0.6) is 0 Å². The van der Waals surface area contributed by atoms with Crippen LogP contribution in [0.25, 0.3) is 10.9 Å². The maximum atomic E-state index is 11.8. The summed E-state index contributed by atoms with van der Waals surface area (Å²) in [6.45, 7) is 2.61. The highest BCUT2D eigenvalue weighted by atomic mass is 16.2. The highest BCUT2D eigenvalue weighted by molar-refractivity contribution is 5.93. The second-order valence-corrected chi connectivity index (χ2v) is 5.83. The van der Waals surface area contributed by atoms with Crippen LogP contribution in [0.15, 0.2) is 30.5 Å². The summed E-state index contributed by atoms with van der Waals surface area (Å²) >= 11 is 0. The molecule has 2 fully saturated rings. The minimum Gasteiger partial charge on any atom is -0.399 e. The van der Waals surface area contributed by atoms with Gasteiger partial charge >= 0.3 is 0 Å². The van der Waals surface area contributed by atoms with Crippen molar-refractivity contribution in [1.82, 2.24) is 9.88 Å². The third-order valence-corrected chi connectivity index (χ3v) is 4.58. The Bertz CT molecular complexity index is 714. The van der Waals surface area contributed by atoms with Gasteiger partial charge in [0.15, 0.2) is 0 Å². The summed E-state index contributed by atoms with van der Waals surface area (Å²) in [5.74, 6) is 0.312. The molecular formula is C16H18N4O. The van der Waals surface area contributed by atoms with Crippen molar-refractivity contribution in [3.05, 3.63) is 30.5 Å². The smallest absolute Gasteiger partial charge is 0.223 e. The number of pyridine rings is 1. The minimum atomic E-state index is 0.312. The van der Waals surface area contributed by atoms with E-state index < -0.39 is 0 Å². The summed E-state index contributed by atoms with van der Waals surface area (Å²) in [6, 6.07) is 8.30. The largest absolute Gasteiger partial charge is 0.399 e. The van der Waals surface area contributed by atoms with Gasteiger partial charge in [0, 0.05) is 55.1 Å². The van der Waals surface area contributed by atoms with Gasteiger partial charge in [-0.3, -0.25) is 9.78 Å². The lowest BCUT2D eigenvalue weighted by molar-refractivity contribution is -0.129. The van der Waals surface area contributed by atoms with E-state index in [1.807, 2.05) is 29.3 Å². The van der Waals surface area contributed by atoms with Crippen molar-refractivity contribution in [2.45, 2.75) is 18.9 Å². The van der Waals surface area contributed by atoms with Crippen LogP contribution in [0.1, 0.15) is 12.8 Å². The Morgan fingerprint density at radius 3 is 3.05 bits per heavy atom. The molecule has 1 aromatic heterocycles. The summed E-state index contributed by atoms with van der Waals surface area (Å²) in [4.78, 5) is 20.6. The van der Waals surface area contributed by atoms with E-state index in [1.165, 1.54) is 5.69 Å². The summed E-state index contributed by atoms with van der Waals surface area (Å²) in [5, 5.41) is 1.13. The third-order valence-electron chi connectivity index (χ3n) is 4.58. The second kappa shape index (κ2) is 4.62. The molecule has 1 aromatic carbocycles. The van der Waals surface area contributed by atoms with Gasteiger partial charge in [-0.15, -0.1) is 0 Å². The van der Waals surface area contributed by atoms with Crippen molar-refractivity contribution >= 4 is 28.2 Å². The molecule has 1 atom stereocenters. The SMILES string of the molecule is Nc1ccc2c(N3CCN4C(=O)CCC4C3)ccnc2c1. The highest BCUT2D eigenvalue weighted by Crippen LogP contribution is 2.31. The molecule has 2 N–H and O–H groups in total. The number of amides is 1. The number of nitrogens with two attached hydrogens (primary N) is 1. The quantitative estimate of drug-likeness (QED) is 0.808. The van der Waals surface area contributed by atoms with E-state index in [9.17, 15) is 4.79 Å². The van der Waals surface area contributed by atoms with Gasteiger partial charge in [0.2, 0.25) is 5.91 Å². The van der Waals surface area contributed by atoms with E-state index in [-0.39, 0.29) is 0 Å². The molecule has 2 aliphatic rings. The molecule has 5 nitrogen and oxygen atoms in total. The lowest BCUT2D eigenvalue weighted by atomic mass is 10.1. The van der Waals surface area contributed by atoms with Crippen molar-refractivity contribution in [3.63, 3.8) is 0 Å². The zero-order valence-electron chi connectivity index (χ0n) is 11.8. The number of nitrogen functional groups attached to an aromatic ring is 1. The molecule has 2 aliphatic heterocycles. The predicted molar refractivity (Wildman–Crippen MR) is 83.1 cm³/mol. The number of hydrogen-bond acceptors (Lipinski definition) is 4. The van der Waals surface area contributed by atoms with Crippen LogP contribution < -0.4 is 10.6 Å². The Hall–Kier alpha value is -2.30. The normalized spacial score (nSPS) is 21.9. The Labute approximate surface area is 123 Å². The molecular weight excluding hydrogens is 264 g/mol. The van der Waals surface area contributed by atoms with Gasteiger partial charge in [-0.2, -0.15) is 0 Å². The van der Waals surface area contributed by atoms with Crippen molar-refractivity contribution < 1.29 is 4.79 Å². The molecule has 0 radical (unpaired) electrons. The van der Waals surface area contributed by atoms with Crippen LogP contribution in [0.3, 0.4) is 0 Å². The number of benzene rings is 1. The fourth-order valence-corrected chi connectivity index (χ4v) is 3.51. The van der Waals surface area contributed by atoms with Crippen LogP contribution in [-0.4, -0.2) is 41.5 Å². The van der Waals surface area contributed by atoms with Gasteiger partial charge in [-0.05, 0) is 30.7 Å². The molecule has 21 heavy (non-hydrogen) atoms. The van der Waals surface area contributed by atoms with Crippen molar-refractivity contribution in [1.29, 1.82) is 0 Å².